The van der Waals surface area contributed by atoms with E-state index in [1.807, 2.05) is 6.07 Å². The SMILES string of the molecule is N#Cc1ccc(NC(=O)c2cccc(F)c2Cl)nc1. The quantitative estimate of drug-likeness (QED) is 0.916. The minimum absolute atomic E-state index is 0.0211. The number of amides is 1. The molecular formula is C13H7ClFN3O. The van der Waals surface area contributed by atoms with E-state index >= 15 is 0 Å². The highest BCUT2D eigenvalue weighted by atomic mass is 35.5. The highest BCUT2D eigenvalue weighted by molar-refractivity contribution is 6.34. The third kappa shape index (κ3) is 2.87. The Balaban J connectivity index is 2.21. The Hall–Kier alpha value is -2.45. The van der Waals surface area contributed by atoms with Gasteiger partial charge >= 0.3 is 0 Å². The Labute approximate surface area is 113 Å². The van der Waals surface area contributed by atoms with Crippen LogP contribution in [-0.4, -0.2) is 10.9 Å². The van der Waals surface area contributed by atoms with E-state index in [-0.39, 0.29) is 16.4 Å². The van der Waals surface area contributed by atoms with E-state index in [2.05, 4.69) is 10.3 Å². The first kappa shape index (κ1) is 13.0. The summed E-state index contributed by atoms with van der Waals surface area (Å²) in [5, 5.41) is 10.8. The van der Waals surface area contributed by atoms with Crippen LogP contribution in [0.4, 0.5) is 10.2 Å². The molecule has 0 radical (unpaired) electrons. The summed E-state index contributed by atoms with van der Waals surface area (Å²) in [6, 6.07) is 8.86. The Bertz CT molecular complexity index is 665. The highest BCUT2D eigenvalue weighted by Gasteiger charge is 2.13. The lowest BCUT2D eigenvalue weighted by Crippen LogP contribution is -2.13. The molecule has 0 saturated carbocycles. The normalized spacial score (nSPS) is 9.74. The Morgan fingerprint density at radius 3 is 2.79 bits per heavy atom. The highest BCUT2D eigenvalue weighted by Crippen LogP contribution is 2.20. The third-order valence-corrected chi connectivity index (χ3v) is 2.71. The van der Waals surface area contributed by atoms with Gasteiger partial charge in [0.15, 0.2) is 0 Å². The van der Waals surface area contributed by atoms with Gasteiger partial charge in [-0.1, -0.05) is 17.7 Å². The van der Waals surface area contributed by atoms with Gasteiger partial charge in [-0.05, 0) is 24.3 Å². The summed E-state index contributed by atoms with van der Waals surface area (Å²) in [5.41, 5.74) is 0.398. The smallest absolute Gasteiger partial charge is 0.258 e. The number of pyridine rings is 1. The molecule has 0 saturated heterocycles. The van der Waals surface area contributed by atoms with E-state index in [1.54, 1.807) is 0 Å². The zero-order valence-corrected chi connectivity index (χ0v) is 10.3. The molecule has 0 atom stereocenters. The van der Waals surface area contributed by atoms with Gasteiger partial charge in [-0.3, -0.25) is 4.79 Å². The van der Waals surface area contributed by atoms with Gasteiger partial charge in [0.1, 0.15) is 17.7 Å². The Morgan fingerprint density at radius 2 is 2.16 bits per heavy atom. The Morgan fingerprint density at radius 1 is 1.37 bits per heavy atom. The number of nitriles is 1. The number of carbonyl (C=O) groups is 1. The average molecular weight is 276 g/mol. The lowest BCUT2D eigenvalue weighted by molar-refractivity contribution is 0.102. The molecule has 0 fully saturated rings. The van der Waals surface area contributed by atoms with Gasteiger partial charge in [-0.25, -0.2) is 9.37 Å². The first-order chi connectivity index (χ1) is 9.11. The summed E-state index contributed by atoms with van der Waals surface area (Å²) in [5.74, 6) is -0.979. The number of hydrogen-bond acceptors (Lipinski definition) is 3. The number of rotatable bonds is 2. The van der Waals surface area contributed by atoms with Crippen molar-refractivity contribution in [2.24, 2.45) is 0 Å². The maximum absolute atomic E-state index is 13.2. The lowest BCUT2D eigenvalue weighted by atomic mass is 10.2. The van der Waals surface area contributed by atoms with E-state index in [1.165, 1.54) is 36.5 Å². The second-order valence-electron chi connectivity index (χ2n) is 3.60. The van der Waals surface area contributed by atoms with Gasteiger partial charge in [0.25, 0.3) is 5.91 Å². The first-order valence-electron chi connectivity index (χ1n) is 5.23. The lowest BCUT2D eigenvalue weighted by Gasteiger charge is -2.06. The number of halogens is 2. The number of hydrogen-bond donors (Lipinski definition) is 1. The summed E-state index contributed by atoms with van der Waals surface area (Å²) >= 11 is 5.70. The number of carbonyl (C=O) groups excluding carboxylic acids is 1. The molecule has 0 bridgehead atoms. The second kappa shape index (κ2) is 5.46. The van der Waals surface area contributed by atoms with Gasteiger partial charge in [0.05, 0.1) is 16.1 Å². The molecule has 6 heteroatoms. The standard InChI is InChI=1S/C13H7ClFN3O/c14-12-9(2-1-3-10(12)15)13(19)18-11-5-4-8(6-16)7-17-11/h1-5,7H,(H,17,18,19). The third-order valence-electron chi connectivity index (χ3n) is 2.33. The molecule has 2 rings (SSSR count). The number of anilines is 1. The summed E-state index contributed by atoms with van der Waals surface area (Å²) < 4.78 is 13.2. The molecule has 0 spiro atoms. The van der Waals surface area contributed by atoms with Crippen LogP contribution in [0.1, 0.15) is 15.9 Å². The zero-order valence-electron chi connectivity index (χ0n) is 9.52. The number of nitrogens with one attached hydrogen (secondary N) is 1. The molecule has 2 aromatic rings. The van der Waals surface area contributed by atoms with Crippen LogP contribution in [0.2, 0.25) is 5.02 Å². The summed E-state index contributed by atoms with van der Waals surface area (Å²) in [4.78, 5) is 15.8. The first-order valence-corrected chi connectivity index (χ1v) is 5.61. The molecule has 1 aromatic carbocycles. The van der Waals surface area contributed by atoms with Crippen molar-refractivity contribution in [3.05, 3.63) is 58.5 Å². The fourth-order valence-electron chi connectivity index (χ4n) is 1.40. The van der Waals surface area contributed by atoms with Crippen LogP contribution in [0, 0.1) is 17.1 Å². The summed E-state index contributed by atoms with van der Waals surface area (Å²) in [6.07, 6.45) is 1.32. The van der Waals surface area contributed by atoms with Crippen LogP contribution >= 0.6 is 11.6 Å². The minimum Gasteiger partial charge on any atom is -0.307 e. The van der Waals surface area contributed by atoms with E-state index < -0.39 is 11.7 Å². The van der Waals surface area contributed by atoms with E-state index in [4.69, 9.17) is 16.9 Å². The van der Waals surface area contributed by atoms with Crippen LogP contribution in [-0.2, 0) is 0 Å². The average Bonchev–Trinajstić information content (AvgIpc) is 2.42. The fourth-order valence-corrected chi connectivity index (χ4v) is 1.61. The van der Waals surface area contributed by atoms with Crippen molar-refractivity contribution in [1.82, 2.24) is 4.98 Å². The monoisotopic (exact) mass is 275 g/mol. The van der Waals surface area contributed by atoms with Gasteiger partial charge < -0.3 is 5.32 Å². The molecule has 94 valence electrons. The zero-order chi connectivity index (χ0) is 13.8. The van der Waals surface area contributed by atoms with Crippen molar-refractivity contribution in [2.75, 3.05) is 5.32 Å². The molecule has 4 nitrogen and oxygen atoms in total. The van der Waals surface area contributed by atoms with Gasteiger partial charge in [-0.2, -0.15) is 5.26 Å². The van der Waals surface area contributed by atoms with Crippen molar-refractivity contribution in [3.63, 3.8) is 0 Å². The minimum atomic E-state index is -0.665. The molecule has 19 heavy (non-hydrogen) atoms. The summed E-state index contributed by atoms with van der Waals surface area (Å²) in [6.45, 7) is 0. The number of benzene rings is 1. The molecular weight excluding hydrogens is 269 g/mol. The molecule has 0 aliphatic carbocycles. The van der Waals surface area contributed by atoms with E-state index in [9.17, 15) is 9.18 Å². The van der Waals surface area contributed by atoms with Crippen LogP contribution < -0.4 is 5.32 Å². The van der Waals surface area contributed by atoms with Crippen molar-refractivity contribution in [1.29, 1.82) is 5.26 Å². The maximum Gasteiger partial charge on any atom is 0.258 e. The molecule has 1 aromatic heterocycles. The molecule has 1 heterocycles. The van der Waals surface area contributed by atoms with Crippen LogP contribution in [0.5, 0.6) is 0 Å². The van der Waals surface area contributed by atoms with Crippen LogP contribution in [0.25, 0.3) is 0 Å². The topological polar surface area (TPSA) is 65.8 Å². The molecule has 1 amide bonds. The molecule has 1 N–H and O–H groups in total. The van der Waals surface area contributed by atoms with Gasteiger partial charge in [-0.15, -0.1) is 0 Å². The fraction of sp³-hybridized carbons (Fsp3) is 0. The van der Waals surface area contributed by atoms with E-state index in [0.29, 0.717) is 5.56 Å². The predicted molar refractivity (Wildman–Crippen MR) is 68.3 cm³/mol. The maximum atomic E-state index is 13.2. The van der Waals surface area contributed by atoms with Crippen molar-refractivity contribution >= 4 is 23.3 Å². The second-order valence-corrected chi connectivity index (χ2v) is 3.98. The molecule has 0 unspecified atom stereocenters. The predicted octanol–water partition coefficient (Wildman–Crippen LogP) is 3.00. The largest absolute Gasteiger partial charge is 0.307 e. The number of nitrogens with zero attached hydrogens (tertiary/aromatic N) is 2. The summed E-state index contributed by atoms with van der Waals surface area (Å²) in [7, 11) is 0. The van der Waals surface area contributed by atoms with Crippen molar-refractivity contribution in [3.8, 4) is 6.07 Å². The van der Waals surface area contributed by atoms with Crippen molar-refractivity contribution in [2.45, 2.75) is 0 Å². The Kier molecular flexibility index (Phi) is 3.74. The van der Waals surface area contributed by atoms with Crippen LogP contribution in [0.15, 0.2) is 36.5 Å². The molecule has 0 aliphatic heterocycles. The van der Waals surface area contributed by atoms with Gasteiger partial charge in [0, 0.05) is 6.20 Å². The number of aromatic nitrogens is 1. The van der Waals surface area contributed by atoms with Gasteiger partial charge in [0.2, 0.25) is 0 Å². The van der Waals surface area contributed by atoms with E-state index in [0.717, 1.165) is 0 Å². The van der Waals surface area contributed by atoms with Crippen molar-refractivity contribution < 1.29 is 9.18 Å². The van der Waals surface area contributed by atoms with Crippen LogP contribution in [0.3, 0.4) is 0 Å². The molecule has 0 aliphatic rings.